The highest BCUT2D eigenvalue weighted by Gasteiger charge is 2.17. The lowest BCUT2D eigenvalue weighted by atomic mass is 10.2. The van der Waals surface area contributed by atoms with Gasteiger partial charge in [0.2, 0.25) is 0 Å². The largest absolute Gasteiger partial charge is 0.478 e. The minimum atomic E-state index is -1.07. The van der Waals surface area contributed by atoms with Gasteiger partial charge in [0, 0.05) is 4.90 Å². The second-order valence-corrected chi connectivity index (χ2v) is 5.12. The van der Waals surface area contributed by atoms with E-state index in [0.717, 1.165) is 4.90 Å². The van der Waals surface area contributed by atoms with Crippen molar-refractivity contribution in [3.8, 4) is 5.75 Å². The standard InChI is InChI=1S/C16H14O4S/c1-2-11-19-20-15-13(16(17)18)9-6-10-14(15)21-12-7-4-3-5-8-12/h2-10H,1,11H2,(H,17,18). The highest BCUT2D eigenvalue weighted by molar-refractivity contribution is 7.99. The number of para-hydroxylation sites is 1. The Kier molecular flexibility index (Phi) is 5.43. The zero-order valence-corrected chi connectivity index (χ0v) is 12.0. The van der Waals surface area contributed by atoms with Gasteiger partial charge in [-0.2, -0.15) is 4.89 Å². The van der Waals surface area contributed by atoms with Crippen LogP contribution in [-0.2, 0) is 4.89 Å². The summed E-state index contributed by atoms with van der Waals surface area (Å²) < 4.78 is 0. The lowest BCUT2D eigenvalue weighted by molar-refractivity contribution is -0.197. The summed E-state index contributed by atoms with van der Waals surface area (Å²) in [5, 5.41) is 9.25. The van der Waals surface area contributed by atoms with Crippen molar-refractivity contribution < 1.29 is 19.7 Å². The highest BCUT2D eigenvalue weighted by Crippen LogP contribution is 2.37. The lowest BCUT2D eigenvalue weighted by Crippen LogP contribution is -2.05. The Balaban J connectivity index is 2.32. The van der Waals surface area contributed by atoms with E-state index in [0.29, 0.717) is 4.90 Å². The predicted molar refractivity (Wildman–Crippen MR) is 80.7 cm³/mol. The van der Waals surface area contributed by atoms with Crippen LogP contribution >= 0.6 is 11.8 Å². The van der Waals surface area contributed by atoms with Crippen LogP contribution in [0.5, 0.6) is 5.75 Å². The Bertz CT molecular complexity index is 625. The fraction of sp³-hybridized carbons (Fsp3) is 0.0625. The van der Waals surface area contributed by atoms with Crippen LogP contribution in [0.1, 0.15) is 10.4 Å². The van der Waals surface area contributed by atoms with E-state index in [1.54, 1.807) is 12.1 Å². The predicted octanol–water partition coefficient (Wildman–Crippen LogP) is 4.03. The van der Waals surface area contributed by atoms with E-state index < -0.39 is 5.97 Å². The number of carboxylic acid groups (broad SMARTS) is 1. The van der Waals surface area contributed by atoms with Gasteiger partial charge < -0.3 is 9.99 Å². The van der Waals surface area contributed by atoms with Crippen molar-refractivity contribution >= 4 is 17.7 Å². The van der Waals surface area contributed by atoms with Crippen molar-refractivity contribution in [3.05, 3.63) is 66.7 Å². The summed E-state index contributed by atoms with van der Waals surface area (Å²) in [7, 11) is 0. The molecule has 0 aromatic heterocycles. The van der Waals surface area contributed by atoms with Crippen LogP contribution in [0.4, 0.5) is 0 Å². The van der Waals surface area contributed by atoms with Crippen LogP contribution in [0.2, 0.25) is 0 Å². The number of hydrogen-bond donors (Lipinski definition) is 1. The third kappa shape index (κ3) is 4.11. The molecular formula is C16H14O4S. The Morgan fingerprint density at radius 1 is 1.19 bits per heavy atom. The van der Waals surface area contributed by atoms with Gasteiger partial charge in [-0.25, -0.2) is 4.79 Å². The van der Waals surface area contributed by atoms with Crippen LogP contribution in [0.3, 0.4) is 0 Å². The number of hydrogen-bond acceptors (Lipinski definition) is 4. The molecule has 2 rings (SSSR count). The topological polar surface area (TPSA) is 55.8 Å². The molecule has 2 aromatic carbocycles. The molecule has 0 bridgehead atoms. The fourth-order valence-electron chi connectivity index (χ4n) is 1.61. The van der Waals surface area contributed by atoms with Gasteiger partial charge >= 0.3 is 5.97 Å². The summed E-state index contributed by atoms with van der Waals surface area (Å²) >= 11 is 1.41. The van der Waals surface area contributed by atoms with Gasteiger partial charge in [0.05, 0.1) is 4.90 Å². The van der Waals surface area contributed by atoms with Gasteiger partial charge in [0.25, 0.3) is 0 Å². The number of carboxylic acids is 1. The third-order valence-electron chi connectivity index (χ3n) is 2.51. The Morgan fingerprint density at radius 3 is 2.62 bits per heavy atom. The monoisotopic (exact) mass is 302 g/mol. The highest BCUT2D eigenvalue weighted by atomic mass is 32.2. The molecule has 0 radical (unpaired) electrons. The first-order valence-electron chi connectivity index (χ1n) is 6.22. The van der Waals surface area contributed by atoms with E-state index in [2.05, 4.69) is 6.58 Å². The van der Waals surface area contributed by atoms with Gasteiger partial charge in [-0.1, -0.05) is 42.1 Å². The Labute approximate surface area is 126 Å². The van der Waals surface area contributed by atoms with Gasteiger partial charge in [0.15, 0.2) is 5.75 Å². The van der Waals surface area contributed by atoms with Crippen LogP contribution < -0.4 is 4.89 Å². The molecule has 1 N–H and O–H groups in total. The second kappa shape index (κ2) is 7.52. The number of rotatable bonds is 7. The van der Waals surface area contributed by atoms with E-state index in [-0.39, 0.29) is 17.9 Å². The van der Waals surface area contributed by atoms with Gasteiger partial charge in [-0.3, -0.25) is 0 Å². The lowest BCUT2D eigenvalue weighted by Gasteiger charge is -2.11. The maximum absolute atomic E-state index is 11.3. The molecule has 0 aliphatic carbocycles. The maximum atomic E-state index is 11.3. The molecule has 0 heterocycles. The molecule has 108 valence electrons. The molecule has 0 saturated carbocycles. The minimum Gasteiger partial charge on any atom is -0.478 e. The second-order valence-electron chi connectivity index (χ2n) is 4.01. The molecule has 0 atom stereocenters. The summed E-state index contributed by atoms with van der Waals surface area (Å²) in [4.78, 5) is 23.1. The molecular weight excluding hydrogens is 288 g/mol. The van der Waals surface area contributed by atoms with E-state index in [9.17, 15) is 9.90 Å². The van der Waals surface area contributed by atoms with E-state index in [1.165, 1.54) is 23.9 Å². The summed E-state index contributed by atoms with van der Waals surface area (Å²) in [6.07, 6.45) is 1.52. The van der Waals surface area contributed by atoms with Gasteiger partial charge in [0.1, 0.15) is 12.2 Å². The molecule has 2 aromatic rings. The number of benzene rings is 2. The zero-order valence-electron chi connectivity index (χ0n) is 11.2. The Morgan fingerprint density at radius 2 is 1.95 bits per heavy atom. The summed E-state index contributed by atoms with van der Waals surface area (Å²) in [6.45, 7) is 3.68. The number of aromatic carboxylic acids is 1. The van der Waals surface area contributed by atoms with Crippen molar-refractivity contribution in [3.63, 3.8) is 0 Å². The van der Waals surface area contributed by atoms with Crippen molar-refractivity contribution in [1.29, 1.82) is 0 Å². The molecule has 0 saturated heterocycles. The third-order valence-corrected chi connectivity index (χ3v) is 3.56. The molecule has 0 aliphatic heterocycles. The van der Waals surface area contributed by atoms with Crippen LogP contribution in [-0.4, -0.2) is 17.7 Å². The van der Waals surface area contributed by atoms with E-state index in [1.807, 2.05) is 30.3 Å². The SMILES string of the molecule is C=CCOOc1c(Sc2ccccc2)cccc1C(=O)O. The maximum Gasteiger partial charge on any atom is 0.339 e. The van der Waals surface area contributed by atoms with E-state index in [4.69, 9.17) is 9.78 Å². The van der Waals surface area contributed by atoms with Crippen molar-refractivity contribution in [1.82, 2.24) is 0 Å². The molecule has 0 unspecified atom stereocenters. The van der Waals surface area contributed by atoms with E-state index >= 15 is 0 Å². The quantitative estimate of drug-likeness (QED) is 0.362. The molecule has 0 spiro atoms. The molecule has 21 heavy (non-hydrogen) atoms. The molecule has 0 aliphatic rings. The van der Waals surface area contributed by atoms with Crippen LogP contribution in [0, 0.1) is 0 Å². The number of carbonyl (C=O) groups is 1. The van der Waals surface area contributed by atoms with Crippen molar-refractivity contribution in [2.45, 2.75) is 9.79 Å². The summed E-state index contributed by atoms with van der Waals surface area (Å²) in [5.41, 5.74) is 0.0555. The van der Waals surface area contributed by atoms with Gasteiger partial charge in [-0.05, 0) is 24.3 Å². The summed E-state index contributed by atoms with van der Waals surface area (Å²) in [6, 6.07) is 14.6. The molecule has 0 fully saturated rings. The van der Waals surface area contributed by atoms with Crippen molar-refractivity contribution in [2.75, 3.05) is 6.61 Å². The average Bonchev–Trinajstić information content (AvgIpc) is 2.49. The van der Waals surface area contributed by atoms with Gasteiger partial charge in [-0.15, -0.1) is 6.58 Å². The summed E-state index contributed by atoms with van der Waals surface area (Å²) in [5.74, 6) is -0.872. The first-order chi connectivity index (χ1) is 10.2. The van der Waals surface area contributed by atoms with Crippen molar-refractivity contribution in [2.24, 2.45) is 0 Å². The molecule has 4 nitrogen and oxygen atoms in total. The fourth-order valence-corrected chi connectivity index (χ4v) is 2.54. The molecule has 0 amide bonds. The smallest absolute Gasteiger partial charge is 0.339 e. The Hall–Kier alpha value is -2.24. The first-order valence-corrected chi connectivity index (χ1v) is 7.03. The average molecular weight is 302 g/mol. The van der Waals surface area contributed by atoms with Crippen LogP contribution in [0.15, 0.2) is 71.0 Å². The van der Waals surface area contributed by atoms with Crippen LogP contribution in [0.25, 0.3) is 0 Å². The molecule has 5 heteroatoms. The minimum absolute atomic E-state index is 0.0555. The first kappa shape index (κ1) is 15.2. The zero-order chi connectivity index (χ0) is 15.1. The normalized spacial score (nSPS) is 10.1.